The first-order valence-electron chi connectivity index (χ1n) is 9.48. The Kier molecular flexibility index (Phi) is 6.52. The third-order valence-electron chi connectivity index (χ3n) is 5.12. The molecule has 2 aromatic rings. The van der Waals surface area contributed by atoms with Gasteiger partial charge in [-0.3, -0.25) is 14.5 Å². The van der Waals surface area contributed by atoms with Gasteiger partial charge >= 0.3 is 5.97 Å². The number of nitrogens with zero attached hydrogens (tertiary/aromatic N) is 5. The molecule has 5 N–H and O–H groups in total. The number of tetrazole rings is 1. The molecule has 0 radical (unpaired) electrons. The Morgan fingerprint density at radius 3 is 2.85 bits per heavy atom. The number of hydrogen-bond donors (Lipinski definition) is 4. The van der Waals surface area contributed by atoms with Crippen LogP contribution in [0.5, 0.6) is 5.75 Å². The molecule has 12 nitrogen and oxygen atoms in total. The molecule has 3 atom stereocenters. The number of phenols is 1. The fourth-order valence-corrected chi connectivity index (χ4v) is 5.92. The van der Waals surface area contributed by atoms with Crippen LogP contribution in [-0.2, 0) is 21.4 Å². The van der Waals surface area contributed by atoms with Gasteiger partial charge in [-0.25, -0.2) is 9.48 Å². The number of nitrogens with two attached hydrogens (primary N) is 1. The predicted octanol–water partition coefficient (Wildman–Crippen LogP) is 0.0998. The number of carboxylic acid groups (broad SMARTS) is 1. The van der Waals surface area contributed by atoms with Crippen molar-refractivity contribution in [2.75, 3.05) is 11.5 Å². The summed E-state index contributed by atoms with van der Waals surface area (Å²) in [4.78, 5) is 38.6. The summed E-state index contributed by atoms with van der Waals surface area (Å²) in [7, 11) is 1.67. The maximum atomic E-state index is 12.8. The number of carbonyl (C=O) groups excluding carboxylic acids is 2. The number of aliphatic carboxylic acids is 1. The van der Waals surface area contributed by atoms with E-state index < -0.39 is 35.2 Å². The van der Waals surface area contributed by atoms with Gasteiger partial charge in [0.05, 0.1) is 5.02 Å². The van der Waals surface area contributed by atoms with Crippen LogP contribution in [0.1, 0.15) is 11.6 Å². The Morgan fingerprint density at radius 1 is 1.45 bits per heavy atom. The van der Waals surface area contributed by atoms with Gasteiger partial charge in [0, 0.05) is 18.6 Å². The minimum absolute atomic E-state index is 0.0447. The zero-order valence-corrected chi connectivity index (χ0v) is 19.4. The van der Waals surface area contributed by atoms with Gasteiger partial charge in [0.1, 0.15) is 28.9 Å². The van der Waals surface area contributed by atoms with E-state index in [0.717, 1.165) is 0 Å². The number of rotatable bonds is 7. The summed E-state index contributed by atoms with van der Waals surface area (Å²) in [6.45, 7) is 0. The van der Waals surface area contributed by atoms with E-state index in [2.05, 4.69) is 20.8 Å². The largest absolute Gasteiger partial charge is 0.506 e. The molecule has 174 valence electrons. The highest BCUT2D eigenvalue weighted by Gasteiger charge is 2.54. The second kappa shape index (κ2) is 9.21. The number of nitrogens with one attached hydrogen (secondary N) is 1. The number of aryl methyl sites for hydroxylation is 1. The van der Waals surface area contributed by atoms with Gasteiger partial charge in [0.25, 0.3) is 5.91 Å². The zero-order valence-electron chi connectivity index (χ0n) is 17.0. The van der Waals surface area contributed by atoms with Crippen LogP contribution in [0.25, 0.3) is 0 Å². The Morgan fingerprint density at radius 2 is 2.21 bits per heavy atom. The molecule has 0 bridgehead atoms. The molecule has 2 amide bonds. The van der Waals surface area contributed by atoms with Gasteiger partial charge in [-0.15, -0.1) is 16.9 Å². The molecule has 0 aliphatic carbocycles. The number of aromatic hydroxyl groups is 1. The minimum atomic E-state index is -1.22. The Bertz CT molecular complexity index is 1170. The smallest absolute Gasteiger partial charge is 0.352 e. The van der Waals surface area contributed by atoms with Crippen LogP contribution in [0.3, 0.4) is 0 Å². The second-order valence-electron chi connectivity index (χ2n) is 7.22. The number of thioether (sulfide) groups is 2. The Hall–Kier alpha value is -2.81. The number of carboxylic acids is 1. The third kappa shape index (κ3) is 4.38. The van der Waals surface area contributed by atoms with Crippen molar-refractivity contribution in [2.45, 2.75) is 22.6 Å². The van der Waals surface area contributed by atoms with Gasteiger partial charge in [-0.05, 0) is 33.7 Å². The highest BCUT2D eigenvalue weighted by Crippen LogP contribution is 2.41. The van der Waals surface area contributed by atoms with Crippen LogP contribution in [-0.4, -0.2) is 76.0 Å². The molecule has 1 aromatic carbocycles. The molecule has 0 spiro atoms. The number of β-lactam (4-membered cyclic amide) rings is 1. The molecule has 1 aromatic heterocycles. The van der Waals surface area contributed by atoms with Gasteiger partial charge in [-0.2, -0.15) is 0 Å². The standard InChI is InChI=1S/C18H18ClN7O5S2/c1-25-18(22-23-24-25)33-6-8-5-32-16-12(15(29)26(16)13(8)17(30)31)21-14(28)11(20)7-2-3-10(27)9(19)4-7/h2-4,11-12,16,27H,5-6,20H2,1H3,(H,21,28)(H,30,31)/t11?,12?,16-/m1/s1. The highest BCUT2D eigenvalue weighted by atomic mass is 35.5. The fourth-order valence-electron chi connectivity index (χ4n) is 3.40. The van der Waals surface area contributed by atoms with E-state index in [1.807, 2.05) is 0 Å². The van der Waals surface area contributed by atoms with E-state index in [1.54, 1.807) is 7.05 Å². The lowest BCUT2D eigenvalue weighted by molar-refractivity contribution is -0.150. The molecule has 0 saturated carbocycles. The number of phenolic OH excluding ortho intramolecular Hbond substituents is 1. The van der Waals surface area contributed by atoms with Gasteiger partial charge in [0.2, 0.25) is 11.1 Å². The van der Waals surface area contributed by atoms with Crippen LogP contribution in [0.2, 0.25) is 5.02 Å². The van der Waals surface area contributed by atoms with Crippen molar-refractivity contribution in [1.82, 2.24) is 30.4 Å². The van der Waals surface area contributed by atoms with Crippen LogP contribution in [0, 0.1) is 0 Å². The molecule has 1 saturated heterocycles. The Balaban J connectivity index is 1.46. The summed E-state index contributed by atoms with van der Waals surface area (Å²) in [5.74, 6) is -1.86. The molecule has 2 aliphatic heterocycles. The molecule has 1 fully saturated rings. The third-order valence-corrected chi connectivity index (χ3v) is 7.86. The summed E-state index contributed by atoms with van der Waals surface area (Å²) >= 11 is 8.49. The lowest BCUT2D eigenvalue weighted by Crippen LogP contribution is -2.71. The van der Waals surface area contributed by atoms with Crippen LogP contribution >= 0.6 is 35.1 Å². The molecule has 15 heteroatoms. The van der Waals surface area contributed by atoms with Crippen molar-refractivity contribution in [1.29, 1.82) is 0 Å². The SMILES string of the molecule is Cn1nnnc1SCC1=C(C(=O)O)N2C(=O)C(NC(=O)C(N)c3ccc(O)c(Cl)c3)[C@H]2SC1. The number of fused-ring (bicyclic) bond motifs is 1. The number of amides is 2. The van der Waals surface area contributed by atoms with Crippen LogP contribution in [0.4, 0.5) is 0 Å². The summed E-state index contributed by atoms with van der Waals surface area (Å²) in [6.07, 6.45) is 0. The number of hydrogen-bond acceptors (Lipinski definition) is 10. The van der Waals surface area contributed by atoms with Gasteiger partial charge in [0.15, 0.2) is 0 Å². The van der Waals surface area contributed by atoms with Crippen molar-refractivity contribution in [3.63, 3.8) is 0 Å². The number of carbonyl (C=O) groups is 3. The summed E-state index contributed by atoms with van der Waals surface area (Å²) in [5.41, 5.74) is 6.81. The summed E-state index contributed by atoms with van der Waals surface area (Å²) in [5, 5.41) is 33.0. The Labute approximate surface area is 200 Å². The number of benzene rings is 1. The molecule has 33 heavy (non-hydrogen) atoms. The summed E-state index contributed by atoms with van der Waals surface area (Å²) in [6, 6.07) is 2.11. The normalized spacial score (nSPS) is 20.8. The topological polar surface area (TPSA) is 177 Å². The zero-order chi connectivity index (χ0) is 23.9. The number of aromatic nitrogens is 4. The van der Waals surface area contributed by atoms with E-state index in [9.17, 15) is 24.6 Å². The van der Waals surface area contributed by atoms with Crippen LogP contribution in [0.15, 0.2) is 34.6 Å². The first-order valence-corrected chi connectivity index (χ1v) is 11.9. The van der Waals surface area contributed by atoms with E-state index in [4.69, 9.17) is 17.3 Å². The molecular weight excluding hydrogens is 494 g/mol. The average molecular weight is 512 g/mol. The maximum Gasteiger partial charge on any atom is 0.352 e. The van der Waals surface area contributed by atoms with Crippen LogP contribution < -0.4 is 11.1 Å². The molecule has 3 heterocycles. The predicted molar refractivity (Wildman–Crippen MR) is 119 cm³/mol. The quantitative estimate of drug-likeness (QED) is 0.293. The van der Waals surface area contributed by atoms with Crippen molar-refractivity contribution >= 4 is 52.9 Å². The fraction of sp³-hybridized carbons (Fsp3) is 0.333. The van der Waals surface area contributed by atoms with Gasteiger partial charge in [-0.1, -0.05) is 29.4 Å². The average Bonchev–Trinajstić information content (AvgIpc) is 3.20. The number of halogens is 1. The van der Waals surface area contributed by atoms with Crippen molar-refractivity contribution in [3.8, 4) is 5.75 Å². The first-order chi connectivity index (χ1) is 15.7. The minimum Gasteiger partial charge on any atom is -0.506 e. The second-order valence-corrected chi connectivity index (χ2v) is 9.67. The molecule has 2 unspecified atom stereocenters. The van der Waals surface area contributed by atoms with E-state index in [-0.39, 0.29) is 16.5 Å². The molecule has 2 aliphatic rings. The summed E-state index contributed by atoms with van der Waals surface area (Å²) < 4.78 is 1.47. The van der Waals surface area contributed by atoms with E-state index in [0.29, 0.717) is 27.8 Å². The van der Waals surface area contributed by atoms with Gasteiger partial charge < -0.3 is 21.3 Å². The van der Waals surface area contributed by atoms with E-state index in [1.165, 1.54) is 51.3 Å². The van der Waals surface area contributed by atoms with Crippen molar-refractivity contribution < 1.29 is 24.6 Å². The lowest BCUT2D eigenvalue weighted by Gasteiger charge is -2.49. The van der Waals surface area contributed by atoms with Crippen molar-refractivity contribution in [3.05, 3.63) is 40.1 Å². The highest BCUT2D eigenvalue weighted by molar-refractivity contribution is 8.01. The first kappa shape index (κ1) is 23.4. The van der Waals surface area contributed by atoms with Crippen molar-refractivity contribution in [2.24, 2.45) is 12.8 Å². The monoisotopic (exact) mass is 511 g/mol. The lowest BCUT2D eigenvalue weighted by atomic mass is 10.0. The van der Waals surface area contributed by atoms with E-state index >= 15 is 0 Å². The molecular formula is C18H18ClN7O5S2. The molecule has 4 rings (SSSR count). The maximum absolute atomic E-state index is 12.8.